The molecule has 3 atom stereocenters. The van der Waals surface area contributed by atoms with E-state index in [-0.39, 0.29) is 37.0 Å². The molecule has 44 heavy (non-hydrogen) atoms. The van der Waals surface area contributed by atoms with Crippen molar-refractivity contribution in [2.24, 2.45) is 5.92 Å². The summed E-state index contributed by atoms with van der Waals surface area (Å²) in [6.45, 7) is 6.43. The van der Waals surface area contributed by atoms with E-state index in [1.165, 1.54) is 6.07 Å². The molecule has 1 amide bonds. The molecule has 3 aromatic rings. The van der Waals surface area contributed by atoms with Crippen molar-refractivity contribution >= 4 is 17.6 Å². The lowest BCUT2D eigenvalue weighted by Gasteiger charge is -2.35. The summed E-state index contributed by atoms with van der Waals surface area (Å²) in [5.74, 6) is -0.648. The molecule has 0 aliphatic carbocycles. The Hall–Kier alpha value is -4.05. The lowest BCUT2D eigenvalue weighted by Crippen LogP contribution is -2.48. The van der Waals surface area contributed by atoms with Crippen LogP contribution in [0.25, 0.3) is 0 Å². The fourth-order valence-corrected chi connectivity index (χ4v) is 6.73. The Balaban J connectivity index is 1.49. The predicted molar refractivity (Wildman–Crippen MR) is 164 cm³/mol. The Morgan fingerprint density at radius 1 is 1.07 bits per heavy atom. The number of aryl methyl sites for hydroxylation is 2. The fourth-order valence-electron chi connectivity index (χ4n) is 6.73. The molecule has 2 aliphatic heterocycles. The van der Waals surface area contributed by atoms with E-state index in [0.29, 0.717) is 48.0 Å². The maximum Gasteiger partial charge on any atom is 0.308 e. The van der Waals surface area contributed by atoms with E-state index >= 15 is 0 Å². The lowest BCUT2D eigenvalue weighted by molar-refractivity contribution is -0.143. The number of ether oxygens (including phenoxy) is 2. The normalized spacial score (nSPS) is 19.4. The fraction of sp³-hybridized carbons (Fsp3) is 0.471. The van der Waals surface area contributed by atoms with Gasteiger partial charge < -0.3 is 19.5 Å². The second kappa shape index (κ2) is 14.2. The number of amides is 1. The monoisotopic (exact) mass is 604 g/mol. The number of aliphatic carboxylic acids is 1. The zero-order chi connectivity index (χ0) is 31.2. The van der Waals surface area contributed by atoms with Gasteiger partial charge in [-0.2, -0.15) is 0 Å². The molecule has 1 saturated heterocycles. The number of fused-ring (bicyclic) bond motifs is 1. The number of anilines is 1. The minimum atomic E-state index is -0.914. The molecule has 1 fully saturated rings. The summed E-state index contributed by atoms with van der Waals surface area (Å²) in [5.41, 5.74) is 1.97. The van der Waals surface area contributed by atoms with Gasteiger partial charge in [0, 0.05) is 49.0 Å². The number of nitrogens with zero attached hydrogens (tertiary/aromatic N) is 4. The highest BCUT2D eigenvalue weighted by Gasteiger charge is 2.47. The number of likely N-dealkylation sites (tertiary alicyclic amines) is 1. The summed E-state index contributed by atoms with van der Waals surface area (Å²) in [6.07, 6.45) is 7.70. The number of hydrogen-bond donors (Lipinski definition) is 1. The molecule has 1 N–H and O–H groups in total. The van der Waals surface area contributed by atoms with Crippen LogP contribution >= 0.6 is 0 Å². The number of rotatable bonds is 13. The molecule has 0 saturated carbocycles. The van der Waals surface area contributed by atoms with Gasteiger partial charge in [-0.05, 0) is 73.7 Å². The average molecular weight is 605 g/mol. The van der Waals surface area contributed by atoms with Crippen molar-refractivity contribution in [2.45, 2.75) is 77.3 Å². The second-order valence-electron chi connectivity index (χ2n) is 11.7. The van der Waals surface area contributed by atoms with Gasteiger partial charge in [-0.1, -0.05) is 32.8 Å². The lowest BCUT2D eigenvalue weighted by atomic mass is 9.83. The number of carbonyl (C=O) groups is 2. The first-order chi connectivity index (χ1) is 21.3. The molecule has 10 heteroatoms. The first-order valence-corrected chi connectivity index (χ1v) is 15.5. The Bertz CT molecular complexity index is 1450. The van der Waals surface area contributed by atoms with Crippen molar-refractivity contribution in [1.82, 2.24) is 14.9 Å². The zero-order valence-electron chi connectivity index (χ0n) is 25.6. The van der Waals surface area contributed by atoms with E-state index in [9.17, 15) is 19.1 Å². The third kappa shape index (κ3) is 6.85. The summed E-state index contributed by atoms with van der Waals surface area (Å²) in [7, 11) is 0. The van der Waals surface area contributed by atoms with Crippen molar-refractivity contribution in [3.05, 3.63) is 77.6 Å². The number of aromatic nitrogens is 2. The molecule has 234 valence electrons. The van der Waals surface area contributed by atoms with Gasteiger partial charge in [0.25, 0.3) is 0 Å². The van der Waals surface area contributed by atoms with E-state index in [1.807, 2.05) is 28.0 Å². The number of carbonyl (C=O) groups excluding carboxylic acids is 1. The van der Waals surface area contributed by atoms with Gasteiger partial charge in [0.15, 0.2) is 11.5 Å². The van der Waals surface area contributed by atoms with E-state index in [0.717, 1.165) is 31.2 Å². The minimum absolute atomic E-state index is 0.0332. The number of carboxylic acid groups (broad SMARTS) is 1. The molecule has 0 radical (unpaired) electrons. The third-order valence-electron chi connectivity index (χ3n) is 8.78. The van der Waals surface area contributed by atoms with Crippen molar-refractivity contribution in [3.8, 4) is 11.5 Å². The molecule has 5 rings (SSSR count). The first kappa shape index (κ1) is 31.4. The van der Waals surface area contributed by atoms with E-state index < -0.39 is 17.9 Å². The molecular weight excluding hydrogens is 563 g/mol. The van der Waals surface area contributed by atoms with Crippen molar-refractivity contribution in [1.29, 1.82) is 0 Å². The Kier molecular flexibility index (Phi) is 10.1. The topological polar surface area (TPSA) is 105 Å². The SMILES string of the molecule is CCCC(CCC)N(C(=O)CN1C[C@H](c2ccc3c(c2)OCO3)C(C(=O)O)[C@@H]1CCc1ncccn1)c1ccc(F)c(C)c1. The number of halogens is 1. The largest absolute Gasteiger partial charge is 0.481 e. The number of benzene rings is 2. The molecule has 2 aromatic carbocycles. The van der Waals surface area contributed by atoms with Gasteiger partial charge in [-0.3, -0.25) is 14.5 Å². The third-order valence-corrected chi connectivity index (χ3v) is 8.78. The molecule has 0 bridgehead atoms. The summed E-state index contributed by atoms with van der Waals surface area (Å²) in [6, 6.07) is 11.6. The summed E-state index contributed by atoms with van der Waals surface area (Å²) < 4.78 is 25.4. The Morgan fingerprint density at radius 3 is 2.48 bits per heavy atom. The van der Waals surface area contributed by atoms with Crippen LogP contribution in [0.1, 0.15) is 68.8 Å². The van der Waals surface area contributed by atoms with Gasteiger partial charge in [0.2, 0.25) is 12.7 Å². The van der Waals surface area contributed by atoms with Crippen LogP contribution in [0.5, 0.6) is 11.5 Å². The highest BCUT2D eigenvalue weighted by Crippen LogP contribution is 2.43. The average Bonchev–Trinajstić information content (AvgIpc) is 3.63. The van der Waals surface area contributed by atoms with Crippen LogP contribution in [0.2, 0.25) is 0 Å². The van der Waals surface area contributed by atoms with Crippen LogP contribution < -0.4 is 14.4 Å². The van der Waals surface area contributed by atoms with Crippen LogP contribution in [0.15, 0.2) is 54.9 Å². The van der Waals surface area contributed by atoms with E-state index in [2.05, 4.69) is 23.8 Å². The summed E-state index contributed by atoms with van der Waals surface area (Å²) in [5, 5.41) is 10.6. The van der Waals surface area contributed by atoms with Gasteiger partial charge in [-0.15, -0.1) is 0 Å². The van der Waals surface area contributed by atoms with Gasteiger partial charge in [0.1, 0.15) is 11.6 Å². The standard InChI is InChI=1S/C34H41FN4O5/c1-4-7-24(8-5-2)39(25-10-11-27(35)22(3)17-25)32(40)20-38-19-26(23-9-13-29-30(18-23)44-21-43-29)33(34(41)42)28(38)12-14-31-36-15-6-16-37-31/h6,9-11,13,15-18,24,26,28,33H,4-5,7-8,12,14,19-21H2,1-3H3,(H,41,42)/t26-,28+,33?/m1/s1. The highest BCUT2D eigenvalue weighted by atomic mass is 19.1. The van der Waals surface area contributed by atoms with Crippen LogP contribution in [0.3, 0.4) is 0 Å². The van der Waals surface area contributed by atoms with Crippen LogP contribution in [0, 0.1) is 18.7 Å². The Morgan fingerprint density at radius 2 is 1.80 bits per heavy atom. The van der Waals surface area contributed by atoms with E-state index in [4.69, 9.17) is 9.47 Å². The number of carboxylic acids is 1. The first-order valence-electron chi connectivity index (χ1n) is 15.5. The van der Waals surface area contributed by atoms with Crippen LogP contribution in [-0.2, 0) is 16.0 Å². The maximum atomic E-state index is 14.4. The number of hydrogen-bond acceptors (Lipinski definition) is 7. The maximum absolute atomic E-state index is 14.4. The molecule has 3 heterocycles. The predicted octanol–water partition coefficient (Wildman–Crippen LogP) is 5.76. The molecule has 0 spiro atoms. The summed E-state index contributed by atoms with van der Waals surface area (Å²) >= 11 is 0. The van der Waals surface area contributed by atoms with Gasteiger partial charge in [-0.25, -0.2) is 14.4 Å². The summed E-state index contributed by atoms with van der Waals surface area (Å²) in [4.78, 5) is 39.8. The van der Waals surface area contributed by atoms with Crippen molar-refractivity contribution < 1.29 is 28.6 Å². The van der Waals surface area contributed by atoms with Gasteiger partial charge in [0.05, 0.1) is 12.5 Å². The van der Waals surface area contributed by atoms with E-state index in [1.54, 1.807) is 37.5 Å². The quantitative estimate of drug-likeness (QED) is 0.263. The molecule has 1 aromatic heterocycles. The zero-order valence-corrected chi connectivity index (χ0v) is 25.6. The van der Waals surface area contributed by atoms with Crippen LogP contribution in [0.4, 0.5) is 10.1 Å². The molecule has 9 nitrogen and oxygen atoms in total. The molecule has 2 aliphatic rings. The second-order valence-corrected chi connectivity index (χ2v) is 11.7. The molecule has 1 unspecified atom stereocenters. The van der Waals surface area contributed by atoms with Crippen molar-refractivity contribution in [2.75, 3.05) is 24.8 Å². The van der Waals surface area contributed by atoms with Crippen LogP contribution in [-0.4, -0.2) is 63.8 Å². The Labute approximate surface area is 258 Å². The minimum Gasteiger partial charge on any atom is -0.481 e. The molecular formula is C34H41FN4O5. The smallest absolute Gasteiger partial charge is 0.308 e. The highest BCUT2D eigenvalue weighted by molar-refractivity contribution is 5.95. The van der Waals surface area contributed by atoms with Crippen molar-refractivity contribution in [3.63, 3.8) is 0 Å². The van der Waals surface area contributed by atoms with Gasteiger partial charge >= 0.3 is 5.97 Å².